The van der Waals surface area contributed by atoms with Gasteiger partial charge in [-0.15, -0.1) is 0 Å². The highest BCUT2D eigenvalue weighted by atomic mass is 16.6. The van der Waals surface area contributed by atoms with Crippen LogP contribution in [0.3, 0.4) is 0 Å². The molecule has 0 spiro atoms. The van der Waals surface area contributed by atoms with Gasteiger partial charge in [0.15, 0.2) is 11.7 Å². The number of ether oxygens (including phenoxy) is 2. The Morgan fingerprint density at radius 1 is 1.22 bits per heavy atom. The van der Waals surface area contributed by atoms with Crippen LogP contribution in [0.2, 0.25) is 0 Å². The molecule has 0 aromatic rings. The lowest BCUT2D eigenvalue weighted by Crippen LogP contribution is -2.44. The van der Waals surface area contributed by atoms with Crippen molar-refractivity contribution in [1.82, 2.24) is 0 Å². The first-order chi connectivity index (χ1) is 8.47. The number of methoxy groups -OCH3 is 1. The molecule has 0 aromatic carbocycles. The summed E-state index contributed by atoms with van der Waals surface area (Å²) >= 11 is 0. The van der Waals surface area contributed by atoms with Crippen molar-refractivity contribution in [3.8, 4) is 0 Å². The molecule has 1 atom stereocenters. The number of carbonyl (C=O) groups is 2. The van der Waals surface area contributed by atoms with Gasteiger partial charge in [0.2, 0.25) is 0 Å². The topological polar surface area (TPSA) is 93.1 Å². The van der Waals surface area contributed by atoms with E-state index in [1.165, 1.54) is 7.11 Å². The van der Waals surface area contributed by atoms with E-state index in [9.17, 15) is 9.59 Å². The molecule has 6 nitrogen and oxygen atoms in total. The fourth-order valence-electron chi connectivity index (χ4n) is 1.75. The van der Waals surface area contributed by atoms with E-state index in [1.807, 2.05) is 13.8 Å². The first-order valence-electron chi connectivity index (χ1n) is 6.07. The van der Waals surface area contributed by atoms with Gasteiger partial charge in [-0.25, -0.2) is 9.59 Å². The van der Waals surface area contributed by atoms with Crippen molar-refractivity contribution in [2.75, 3.05) is 13.7 Å². The van der Waals surface area contributed by atoms with Gasteiger partial charge in [0, 0.05) is 7.11 Å². The highest BCUT2D eigenvalue weighted by molar-refractivity contribution is 5.92. The monoisotopic (exact) mass is 262 g/mol. The molecule has 0 aliphatic rings. The summed E-state index contributed by atoms with van der Waals surface area (Å²) in [5, 5.41) is 17.6. The largest absolute Gasteiger partial charge is 0.393 e. The first-order valence-corrected chi connectivity index (χ1v) is 6.07. The molecule has 2 N–H and O–H groups in total. The summed E-state index contributed by atoms with van der Waals surface area (Å²) in [7, 11) is 1.39. The van der Waals surface area contributed by atoms with Crippen molar-refractivity contribution in [3.63, 3.8) is 0 Å². The van der Waals surface area contributed by atoms with Gasteiger partial charge in [0.1, 0.15) is 0 Å². The van der Waals surface area contributed by atoms with Crippen LogP contribution in [0.5, 0.6) is 0 Å². The van der Waals surface area contributed by atoms with Crippen molar-refractivity contribution in [2.24, 2.45) is 0 Å². The predicted molar refractivity (Wildman–Crippen MR) is 63.7 cm³/mol. The number of carbonyl (C=O) groups excluding carboxylic acids is 2. The van der Waals surface area contributed by atoms with Gasteiger partial charge >= 0.3 is 11.9 Å². The Morgan fingerprint density at radius 2 is 1.72 bits per heavy atom. The summed E-state index contributed by atoms with van der Waals surface area (Å²) in [6.45, 7) is 3.00. The fourth-order valence-corrected chi connectivity index (χ4v) is 1.75. The zero-order valence-electron chi connectivity index (χ0n) is 11.1. The van der Waals surface area contributed by atoms with E-state index >= 15 is 0 Å². The van der Waals surface area contributed by atoms with E-state index in [1.54, 1.807) is 0 Å². The predicted octanol–water partition coefficient (Wildman–Crippen LogP) is 0.395. The van der Waals surface area contributed by atoms with Gasteiger partial charge in [-0.1, -0.05) is 26.7 Å². The smallest absolute Gasteiger partial charge is 0.346 e. The van der Waals surface area contributed by atoms with Crippen LogP contribution in [0.4, 0.5) is 0 Å². The maximum atomic E-state index is 11.9. The van der Waals surface area contributed by atoms with Gasteiger partial charge in [0.25, 0.3) is 0 Å². The van der Waals surface area contributed by atoms with Crippen LogP contribution in [0.15, 0.2) is 0 Å². The highest BCUT2D eigenvalue weighted by Gasteiger charge is 2.40. The molecule has 0 rings (SSSR count). The average Bonchev–Trinajstić information content (AvgIpc) is 2.36. The third-order valence-corrected chi connectivity index (χ3v) is 2.71. The molecule has 106 valence electrons. The summed E-state index contributed by atoms with van der Waals surface area (Å²) in [4.78, 5) is 23.2. The van der Waals surface area contributed by atoms with Crippen LogP contribution in [0, 0.1) is 0 Å². The lowest BCUT2D eigenvalue weighted by Gasteiger charge is -2.29. The van der Waals surface area contributed by atoms with Crippen LogP contribution in [0.25, 0.3) is 0 Å². The zero-order valence-corrected chi connectivity index (χ0v) is 11.1. The Hall–Kier alpha value is -0.980. The lowest BCUT2D eigenvalue weighted by atomic mass is 9.92. The van der Waals surface area contributed by atoms with Gasteiger partial charge in [0.05, 0.1) is 6.61 Å². The van der Waals surface area contributed by atoms with E-state index in [2.05, 4.69) is 4.74 Å². The van der Waals surface area contributed by atoms with E-state index in [0.717, 1.165) is 0 Å². The number of esters is 2. The molecule has 18 heavy (non-hydrogen) atoms. The molecular weight excluding hydrogens is 240 g/mol. The first kappa shape index (κ1) is 17.0. The number of rotatable bonds is 8. The molecule has 0 saturated heterocycles. The SMILES string of the molecule is CCCC(CCC)(OC)C(=O)OC(=O)C(O)CO. The maximum absolute atomic E-state index is 11.9. The molecule has 0 radical (unpaired) electrons. The van der Waals surface area contributed by atoms with Crippen LogP contribution < -0.4 is 0 Å². The molecule has 0 amide bonds. The van der Waals surface area contributed by atoms with Crippen molar-refractivity contribution in [3.05, 3.63) is 0 Å². The molecule has 1 unspecified atom stereocenters. The molecule has 6 heteroatoms. The average molecular weight is 262 g/mol. The normalized spacial score (nSPS) is 13.2. The molecule has 0 aliphatic carbocycles. The molecule has 0 fully saturated rings. The molecular formula is C12H22O6. The Kier molecular flexibility index (Phi) is 7.73. The molecule has 0 bridgehead atoms. The third kappa shape index (κ3) is 4.36. The quantitative estimate of drug-likeness (QED) is 0.485. The minimum absolute atomic E-state index is 0.429. The van der Waals surface area contributed by atoms with E-state index < -0.39 is 30.3 Å². The van der Waals surface area contributed by atoms with Crippen LogP contribution in [0.1, 0.15) is 39.5 Å². The van der Waals surface area contributed by atoms with Crippen molar-refractivity contribution < 1.29 is 29.3 Å². The van der Waals surface area contributed by atoms with Gasteiger partial charge < -0.3 is 19.7 Å². The maximum Gasteiger partial charge on any atom is 0.346 e. The third-order valence-electron chi connectivity index (χ3n) is 2.71. The summed E-state index contributed by atoms with van der Waals surface area (Å²) < 4.78 is 9.78. The second-order valence-corrected chi connectivity index (χ2v) is 4.11. The standard InChI is InChI=1S/C12H22O6/c1-4-6-12(17-3,7-5-2)11(16)18-10(15)9(14)8-13/h9,13-14H,4-8H2,1-3H3. The fraction of sp³-hybridized carbons (Fsp3) is 0.833. The molecule has 0 saturated carbocycles. The molecule has 0 heterocycles. The van der Waals surface area contributed by atoms with Gasteiger partial charge in [-0.2, -0.15) is 0 Å². The van der Waals surface area contributed by atoms with Crippen LogP contribution >= 0.6 is 0 Å². The Balaban J connectivity index is 4.80. The Labute approximate surface area is 107 Å². The second-order valence-electron chi connectivity index (χ2n) is 4.11. The van der Waals surface area contributed by atoms with Crippen molar-refractivity contribution in [2.45, 2.75) is 51.2 Å². The lowest BCUT2D eigenvalue weighted by molar-refractivity contribution is -0.183. The summed E-state index contributed by atoms with van der Waals surface area (Å²) in [5.41, 5.74) is -1.16. The Bertz CT molecular complexity index is 270. The number of aliphatic hydroxyl groups is 2. The van der Waals surface area contributed by atoms with Crippen molar-refractivity contribution >= 4 is 11.9 Å². The van der Waals surface area contributed by atoms with Crippen LogP contribution in [-0.4, -0.2) is 47.6 Å². The van der Waals surface area contributed by atoms with Gasteiger partial charge in [-0.05, 0) is 12.8 Å². The number of hydrogen-bond acceptors (Lipinski definition) is 6. The van der Waals surface area contributed by atoms with E-state index in [4.69, 9.17) is 14.9 Å². The number of hydrogen-bond donors (Lipinski definition) is 2. The number of aliphatic hydroxyl groups excluding tert-OH is 2. The van der Waals surface area contributed by atoms with Gasteiger partial charge in [-0.3, -0.25) is 0 Å². The zero-order chi connectivity index (χ0) is 14.2. The Morgan fingerprint density at radius 3 is 2.06 bits per heavy atom. The van der Waals surface area contributed by atoms with Crippen molar-refractivity contribution in [1.29, 1.82) is 0 Å². The molecule has 0 aromatic heterocycles. The molecule has 0 aliphatic heterocycles. The van der Waals surface area contributed by atoms with Crippen LogP contribution in [-0.2, 0) is 19.1 Å². The summed E-state index contributed by atoms with van der Waals surface area (Å²) in [5.74, 6) is -1.97. The van der Waals surface area contributed by atoms with E-state index in [0.29, 0.717) is 25.7 Å². The summed E-state index contributed by atoms with van der Waals surface area (Å²) in [6, 6.07) is 0. The van der Waals surface area contributed by atoms with E-state index in [-0.39, 0.29) is 0 Å². The second kappa shape index (κ2) is 8.18. The highest BCUT2D eigenvalue weighted by Crippen LogP contribution is 2.25. The summed E-state index contributed by atoms with van der Waals surface area (Å²) in [6.07, 6.45) is 0.545. The minimum Gasteiger partial charge on any atom is -0.393 e. The minimum atomic E-state index is -1.70.